The fraction of sp³-hybridized carbons (Fsp3) is 0.471. The number of methoxy groups -OCH3 is 1. The number of hydrogen-bond acceptors (Lipinski definition) is 3. The number of nitrogens with one attached hydrogen (secondary N) is 1. The topological polar surface area (TPSA) is 39.1 Å². The van der Waals surface area contributed by atoms with Gasteiger partial charge >= 0.3 is 0 Å². The maximum absolute atomic E-state index is 5.20. The summed E-state index contributed by atoms with van der Waals surface area (Å²) in [5.41, 5.74) is 1.33. The number of nitrogens with zero attached hydrogens (tertiary/aromatic N) is 2. The van der Waals surface area contributed by atoms with Crippen LogP contribution in [0.15, 0.2) is 36.7 Å². The molecule has 1 N–H and O–H groups in total. The van der Waals surface area contributed by atoms with Gasteiger partial charge in [-0.1, -0.05) is 19.1 Å². The second-order valence-electron chi connectivity index (χ2n) is 5.29. The molecular formula is C17H25N3O. The van der Waals surface area contributed by atoms with E-state index in [0.29, 0.717) is 6.04 Å². The summed E-state index contributed by atoms with van der Waals surface area (Å²) in [6.45, 7) is 3.20. The van der Waals surface area contributed by atoms with Crippen LogP contribution >= 0.6 is 0 Å². The van der Waals surface area contributed by atoms with E-state index in [2.05, 4.69) is 41.0 Å². The van der Waals surface area contributed by atoms with Gasteiger partial charge in [-0.3, -0.25) is 0 Å². The second-order valence-corrected chi connectivity index (χ2v) is 5.29. The van der Waals surface area contributed by atoms with Crippen molar-refractivity contribution in [3.05, 3.63) is 48.0 Å². The van der Waals surface area contributed by atoms with Crippen molar-refractivity contribution >= 4 is 0 Å². The molecule has 0 aliphatic carbocycles. The van der Waals surface area contributed by atoms with Crippen LogP contribution in [-0.2, 0) is 13.5 Å². The molecule has 0 aliphatic rings. The van der Waals surface area contributed by atoms with Crippen LogP contribution in [0.5, 0.6) is 5.75 Å². The Bertz CT molecular complexity index is 533. The van der Waals surface area contributed by atoms with Crippen molar-refractivity contribution in [3.8, 4) is 5.75 Å². The average molecular weight is 287 g/mol. The lowest BCUT2D eigenvalue weighted by molar-refractivity contribution is 0.414. The normalized spacial score (nSPS) is 12.3. The largest absolute Gasteiger partial charge is 0.497 e. The van der Waals surface area contributed by atoms with E-state index in [0.717, 1.165) is 37.4 Å². The third-order valence-corrected chi connectivity index (χ3v) is 3.69. The molecule has 1 unspecified atom stereocenters. The Balaban J connectivity index is 1.99. The molecule has 0 bridgehead atoms. The van der Waals surface area contributed by atoms with E-state index in [-0.39, 0.29) is 0 Å². The molecular weight excluding hydrogens is 262 g/mol. The van der Waals surface area contributed by atoms with Gasteiger partial charge in [-0.05, 0) is 43.5 Å². The third kappa shape index (κ3) is 4.33. The summed E-state index contributed by atoms with van der Waals surface area (Å²) in [4.78, 5) is 4.49. The molecule has 1 atom stereocenters. The first-order valence-corrected chi connectivity index (χ1v) is 7.58. The lowest BCUT2D eigenvalue weighted by atomic mass is 10.0. The molecule has 2 rings (SSSR count). The predicted octanol–water partition coefficient (Wildman–Crippen LogP) is 3.10. The summed E-state index contributed by atoms with van der Waals surface area (Å²) >= 11 is 0. The molecule has 0 saturated carbocycles. The number of aromatic nitrogens is 2. The number of imidazole rings is 1. The van der Waals surface area contributed by atoms with Crippen molar-refractivity contribution in [2.24, 2.45) is 7.05 Å². The average Bonchev–Trinajstić information content (AvgIpc) is 2.94. The van der Waals surface area contributed by atoms with Gasteiger partial charge < -0.3 is 14.6 Å². The Hall–Kier alpha value is -1.81. The summed E-state index contributed by atoms with van der Waals surface area (Å²) in [7, 11) is 3.75. The van der Waals surface area contributed by atoms with Gasteiger partial charge in [-0.25, -0.2) is 4.98 Å². The molecule has 4 nitrogen and oxygen atoms in total. The van der Waals surface area contributed by atoms with Crippen molar-refractivity contribution in [2.75, 3.05) is 13.7 Å². The van der Waals surface area contributed by atoms with Crippen LogP contribution in [0, 0.1) is 0 Å². The minimum absolute atomic E-state index is 0.298. The molecule has 1 aromatic carbocycles. The van der Waals surface area contributed by atoms with E-state index in [1.807, 2.05) is 24.5 Å². The van der Waals surface area contributed by atoms with Gasteiger partial charge in [0.15, 0.2) is 0 Å². The fourth-order valence-corrected chi connectivity index (χ4v) is 2.46. The zero-order valence-electron chi connectivity index (χ0n) is 13.2. The quantitative estimate of drug-likeness (QED) is 0.811. The van der Waals surface area contributed by atoms with Gasteiger partial charge in [0.2, 0.25) is 0 Å². The number of rotatable bonds is 8. The first-order valence-electron chi connectivity index (χ1n) is 7.58. The van der Waals surface area contributed by atoms with E-state index in [9.17, 15) is 0 Å². The molecule has 0 radical (unpaired) electrons. The molecule has 0 amide bonds. The predicted molar refractivity (Wildman–Crippen MR) is 85.6 cm³/mol. The van der Waals surface area contributed by atoms with E-state index in [1.54, 1.807) is 7.11 Å². The standard InChI is InChI=1S/C17H25N3O/c1-4-11-18-16(17-19-12-13-20(17)2)10-7-14-5-8-15(21-3)9-6-14/h5-6,8-9,12-13,16,18H,4,7,10-11H2,1-3H3. The lowest BCUT2D eigenvalue weighted by Gasteiger charge is -2.18. The van der Waals surface area contributed by atoms with Crippen LogP contribution in [0.2, 0.25) is 0 Å². The van der Waals surface area contributed by atoms with Crippen LogP contribution in [0.4, 0.5) is 0 Å². The summed E-state index contributed by atoms with van der Waals surface area (Å²) in [6, 6.07) is 8.60. The van der Waals surface area contributed by atoms with E-state index < -0.39 is 0 Å². The molecule has 1 aromatic heterocycles. The Morgan fingerprint density at radius 3 is 2.62 bits per heavy atom. The van der Waals surface area contributed by atoms with Crippen molar-refractivity contribution < 1.29 is 4.74 Å². The van der Waals surface area contributed by atoms with Crippen LogP contribution in [0.1, 0.15) is 37.2 Å². The summed E-state index contributed by atoms with van der Waals surface area (Å²) in [5, 5.41) is 3.60. The van der Waals surface area contributed by atoms with E-state index in [1.165, 1.54) is 5.56 Å². The van der Waals surface area contributed by atoms with Gasteiger partial charge in [0.1, 0.15) is 11.6 Å². The highest BCUT2D eigenvalue weighted by atomic mass is 16.5. The molecule has 1 heterocycles. The first kappa shape index (κ1) is 15.6. The maximum Gasteiger partial charge on any atom is 0.125 e. The fourth-order valence-electron chi connectivity index (χ4n) is 2.46. The van der Waals surface area contributed by atoms with Gasteiger partial charge in [0, 0.05) is 19.4 Å². The minimum atomic E-state index is 0.298. The monoisotopic (exact) mass is 287 g/mol. The highest BCUT2D eigenvalue weighted by molar-refractivity contribution is 5.27. The molecule has 2 aromatic rings. The number of ether oxygens (including phenoxy) is 1. The second kappa shape index (κ2) is 7.84. The molecule has 0 spiro atoms. The van der Waals surface area contributed by atoms with Crippen molar-refractivity contribution in [1.29, 1.82) is 0 Å². The van der Waals surface area contributed by atoms with Crippen LogP contribution in [0.3, 0.4) is 0 Å². The van der Waals surface area contributed by atoms with Gasteiger partial charge in [0.25, 0.3) is 0 Å². The Labute approximate surface area is 127 Å². The molecule has 0 fully saturated rings. The Morgan fingerprint density at radius 2 is 2.05 bits per heavy atom. The van der Waals surface area contributed by atoms with Crippen molar-refractivity contribution in [1.82, 2.24) is 14.9 Å². The van der Waals surface area contributed by atoms with E-state index >= 15 is 0 Å². The van der Waals surface area contributed by atoms with Crippen molar-refractivity contribution in [2.45, 2.75) is 32.2 Å². The van der Waals surface area contributed by atoms with Gasteiger partial charge in [-0.15, -0.1) is 0 Å². The molecule has 114 valence electrons. The van der Waals surface area contributed by atoms with Crippen LogP contribution in [0.25, 0.3) is 0 Å². The Morgan fingerprint density at radius 1 is 1.29 bits per heavy atom. The first-order chi connectivity index (χ1) is 10.2. The molecule has 0 saturated heterocycles. The zero-order chi connectivity index (χ0) is 15.1. The Kier molecular flexibility index (Phi) is 5.81. The summed E-state index contributed by atoms with van der Waals surface area (Å²) in [5.74, 6) is 2.01. The SMILES string of the molecule is CCCNC(CCc1ccc(OC)cc1)c1nccn1C. The number of benzene rings is 1. The van der Waals surface area contributed by atoms with Crippen LogP contribution in [-0.4, -0.2) is 23.2 Å². The van der Waals surface area contributed by atoms with E-state index in [4.69, 9.17) is 4.74 Å². The number of aryl methyl sites for hydroxylation is 2. The highest BCUT2D eigenvalue weighted by Gasteiger charge is 2.14. The lowest BCUT2D eigenvalue weighted by Crippen LogP contribution is -2.25. The van der Waals surface area contributed by atoms with Gasteiger partial charge in [0.05, 0.1) is 13.2 Å². The molecule has 21 heavy (non-hydrogen) atoms. The third-order valence-electron chi connectivity index (χ3n) is 3.69. The highest BCUT2D eigenvalue weighted by Crippen LogP contribution is 2.19. The van der Waals surface area contributed by atoms with Crippen LogP contribution < -0.4 is 10.1 Å². The zero-order valence-corrected chi connectivity index (χ0v) is 13.2. The molecule has 4 heteroatoms. The summed E-state index contributed by atoms with van der Waals surface area (Å²) < 4.78 is 7.30. The molecule has 0 aliphatic heterocycles. The smallest absolute Gasteiger partial charge is 0.125 e. The van der Waals surface area contributed by atoms with Crippen molar-refractivity contribution in [3.63, 3.8) is 0 Å². The minimum Gasteiger partial charge on any atom is -0.497 e. The summed E-state index contributed by atoms with van der Waals surface area (Å²) in [6.07, 6.45) is 7.06. The maximum atomic E-state index is 5.20. The number of hydrogen-bond donors (Lipinski definition) is 1. The van der Waals surface area contributed by atoms with Gasteiger partial charge in [-0.2, -0.15) is 0 Å².